The van der Waals surface area contributed by atoms with Gasteiger partial charge in [-0.2, -0.15) is 0 Å². The van der Waals surface area contributed by atoms with E-state index in [-0.39, 0.29) is 11.8 Å². The number of hydrogen-bond donors (Lipinski definition) is 1. The lowest BCUT2D eigenvalue weighted by Gasteiger charge is -2.24. The Labute approximate surface area is 126 Å². The molecule has 114 valence electrons. The standard InChI is InChI=1S/C17H24N2O2/c1-2-8-16(20)18-15(13-14-9-4-3-5-10-14)17(21)19-11-6-7-12-19/h3-5,9-10,15H,2,6-8,11-13H2,1H3,(H,18,20). The van der Waals surface area contributed by atoms with Crippen LogP contribution in [-0.2, 0) is 16.0 Å². The maximum Gasteiger partial charge on any atom is 0.245 e. The zero-order chi connectivity index (χ0) is 15.1. The highest BCUT2D eigenvalue weighted by molar-refractivity contribution is 5.88. The summed E-state index contributed by atoms with van der Waals surface area (Å²) in [6, 6.07) is 9.42. The minimum Gasteiger partial charge on any atom is -0.344 e. The third-order valence-corrected chi connectivity index (χ3v) is 3.81. The largest absolute Gasteiger partial charge is 0.344 e. The highest BCUT2D eigenvalue weighted by Crippen LogP contribution is 2.12. The third-order valence-electron chi connectivity index (χ3n) is 3.81. The number of amides is 2. The summed E-state index contributed by atoms with van der Waals surface area (Å²) in [5.74, 6) is 0.0202. The van der Waals surface area contributed by atoms with Gasteiger partial charge in [0.05, 0.1) is 0 Å². The molecule has 1 aromatic carbocycles. The molecule has 4 heteroatoms. The average molecular weight is 288 g/mol. The first-order chi connectivity index (χ1) is 10.2. The van der Waals surface area contributed by atoms with Crippen molar-refractivity contribution < 1.29 is 9.59 Å². The molecular formula is C17H24N2O2. The van der Waals surface area contributed by atoms with Gasteiger partial charge >= 0.3 is 0 Å². The van der Waals surface area contributed by atoms with E-state index in [9.17, 15) is 9.59 Å². The van der Waals surface area contributed by atoms with Gasteiger partial charge < -0.3 is 10.2 Å². The predicted octanol–water partition coefficient (Wildman–Crippen LogP) is 2.14. The average Bonchev–Trinajstić information content (AvgIpc) is 3.01. The Bertz CT molecular complexity index is 467. The van der Waals surface area contributed by atoms with E-state index in [1.165, 1.54) is 0 Å². The van der Waals surface area contributed by atoms with E-state index in [0.29, 0.717) is 12.8 Å². The Morgan fingerprint density at radius 3 is 2.48 bits per heavy atom. The van der Waals surface area contributed by atoms with Gasteiger partial charge in [0.25, 0.3) is 0 Å². The van der Waals surface area contributed by atoms with Crippen molar-refractivity contribution in [3.8, 4) is 0 Å². The highest BCUT2D eigenvalue weighted by Gasteiger charge is 2.27. The van der Waals surface area contributed by atoms with Crippen molar-refractivity contribution in [3.63, 3.8) is 0 Å². The zero-order valence-electron chi connectivity index (χ0n) is 12.7. The quantitative estimate of drug-likeness (QED) is 0.872. The molecule has 0 radical (unpaired) electrons. The number of benzene rings is 1. The Kier molecular flexibility index (Phi) is 5.78. The van der Waals surface area contributed by atoms with Gasteiger partial charge in [0.15, 0.2) is 0 Å². The van der Waals surface area contributed by atoms with Crippen LogP contribution in [0.5, 0.6) is 0 Å². The summed E-state index contributed by atoms with van der Waals surface area (Å²) in [6.45, 7) is 3.59. The molecule has 1 aliphatic rings. The summed E-state index contributed by atoms with van der Waals surface area (Å²) in [7, 11) is 0. The smallest absolute Gasteiger partial charge is 0.245 e. The van der Waals surface area contributed by atoms with Crippen LogP contribution in [-0.4, -0.2) is 35.8 Å². The number of nitrogens with one attached hydrogen (secondary N) is 1. The van der Waals surface area contributed by atoms with Crippen molar-refractivity contribution in [1.29, 1.82) is 0 Å². The molecule has 1 unspecified atom stereocenters. The molecular weight excluding hydrogens is 264 g/mol. The molecule has 2 amide bonds. The van der Waals surface area contributed by atoms with Crippen molar-refractivity contribution in [2.75, 3.05) is 13.1 Å². The normalized spacial score (nSPS) is 15.8. The fraction of sp³-hybridized carbons (Fsp3) is 0.529. The molecule has 1 heterocycles. The Morgan fingerprint density at radius 2 is 1.86 bits per heavy atom. The number of carbonyl (C=O) groups excluding carboxylic acids is 2. The van der Waals surface area contributed by atoms with Crippen LogP contribution in [0, 0.1) is 0 Å². The van der Waals surface area contributed by atoms with Crippen LogP contribution in [0.4, 0.5) is 0 Å². The Morgan fingerprint density at radius 1 is 1.19 bits per heavy atom. The molecule has 4 nitrogen and oxygen atoms in total. The molecule has 1 N–H and O–H groups in total. The van der Waals surface area contributed by atoms with Gasteiger partial charge in [-0.25, -0.2) is 0 Å². The van der Waals surface area contributed by atoms with Crippen LogP contribution in [0.3, 0.4) is 0 Å². The molecule has 2 rings (SSSR count). The van der Waals surface area contributed by atoms with Gasteiger partial charge in [0.2, 0.25) is 11.8 Å². The van der Waals surface area contributed by atoms with E-state index in [2.05, 4.69) is 5.32 Å². The van der Waals surface area contributed by atoms with Crippen LogP contribution in [0.25, 0.3) is 0 Å². The van der Waals surface area contributed by atoms with Crippen molar-refractivity contribution in [1.82, 2.24) is 10.2 Å². The van der Waals surface area contributed by atoms with Crippen LogP contribution < -0.4 is 5.32 Å². The molecule has 0 aliphatic carbocycles. The van der Waals surface area contributed by atoms with E-state index in [1.54, 1.807) is 0 Å². The molecule has 21 heavy (non-hydrogen) atoms. The van der Waals surface area contributed by atoms with Crippen LogP contribution in [0.2, 0.25) is 0 Å². The highest BCUT2D eigenvalue weighted by atomic mass is 16.2. The topological polar surface area (TPSA) is 49.4 Å². The summed E-state index contributed by atoms with van der Waals surface area (Å²) >= 11 is 0. The first-order valence-electron chi connectivity index (χ1n) is 7.82. The van der Waals surface area contributed by atoms with Gasteiger partial charge in [-0.05, 0) is 24.8 Å². The maximum atomic E-state index is 12.6. The Hall–Kier alpha value is -1.84. The summed E-state index contributed by atoms with van der Waals surface area (Å²) in [4.78, 5) is 26.4. The number of carbonyl (C=O) groups is 2. The third kappa shape index (κ3) is 4.59. The maximum absolute atomic E-state index is 12.6. The van der Waals surface area contributed by atoms with Gasteiger partial charge in [-0.3, -0.25) is 9.59 Å². The lowest BCUT2D eigenvalue weighted by atomic mass is 10.0. The summed E-state index contributed by atoms with van der Waals surface area (Å²) in [6.07, 6.45) is 3.95. The lowest BCUT2D eigenvalue weighted by Crippen LogP contribution is -2.48. The first kappa shape index (κ1) is 15.5. The second kappa shape index (κ2) is 7.81. The Balaban J connectivity index is 2.05. The van der Waals surface area contributed by atoms with E-state index in [0.717, 1.165) is 37.9 Å². The SMILES string of the molecule is CCCC(=O)NC(Cc1ccccc1)C(=O)N1CCCC1. The molecule has 0 saturated carbocycles. The number of rotatable bonds is 6. The monoisotopic (exact) mass is 288 g/mol. The summed E-state index contributed by atoms with van der Waals surface area (Å²) in [5.41, 5.74) is 1.08. The predicted molar refractivity (Wildman–Crippen MR) is 82.8 cm³/mol. The molecule has 1 saturated heterocycles. The van der Waals surface area contributed by atoms with Crippen molar-refractivity contribution >= 4 is 11.8 Å². The second-order valence-electron chi connectivity index (χ2n) is 5.59. The molecule has 1 fully saturated rings. The summed E-state index contributed by atoms with van der Waals surface area (Å²) in [5, 5.41) is 2.91. The first-order valence-corrected chi connectivity index (χ1v) is 7.82. The summed E-state index contributed by atoms with van der Waals surface area (Å²) < 4.78 is 0. The van der Waals surface area contributed by atoms with E-state index >= 15 is 0 Å². The van der Waals surface area contributed by atoms with Gasteiger partial charge in [-0.15, -0.1) is 0 Å². The van der Waals surface area contributed by atoms with Crippen LogP contribution in [0.1, 0.15) is 38.2 Å². The van der Waals surface area contributed by atoms with Crippen LogP contribution >= 0.6 is 0 Å². The van der Waals surface area contributed by atoms with Crippen molar-refractivity contribution in [2.24, 2.45) is 0 Å². The molecule has 1 aliphatic heterocycles. The molecule has 1 atom stereocenters. The zero-order valence-corrected chi connectivity index (χ0v) is 12.7. The van der Waals surface area contributed by atoms with Crippen LogP contribution in [0.15, 0.2) is 30.3 Å². The van der Waals surface area contributed by atoms with Gasteiger partial charge in [0, 0.05) is 25.9 Å². The number of nitrogens with zero attached hydrogens (tertiary/aromatic N) is 1. The van der Waals surface area contributed by atoms with E-state index in [1.807, 2.05) is 42.2 Å². The minimum absolute atomic E-state index is 0.0361. The van der Waals surface area contributed by atoms with E-state index in [4.69, 9.17) is 0 Å². The molecule has 1 aromatic rings. The molecule has 0 spiro atoms. The fourth-order valence-electron chi connectivity index (χ4n) is 2.70. The van der Waals surface area contributed by atoms with Gasteiger partial charge in [-0.1, -0.05) is 37.3 Å². The minimum atomic E-state index is -0.440. The number of likely N-dealkylation sites (tertiary alicyclic amines) is 1. The van der Waals surface area contributed by atoms with E-state index < -0.39 is 6.04 Å². The van der Waals surface area contributed by atoms with Crippen molar-refractivity contribution in [2.45, 2.75) is 45.1 Å². The molecule has 0 bridgehead atoms. The van der Waals surface area contributed by atoms with Crippen molar-refractivity contribution in [3.05, 3.63) is 35.9 Å². The number of hydrogen-bond acceptors (Lipinski definition) is 2. The lowest BCUT2D eigenvalue weighted by molar-refractivity contribution is -0.135. The van der Waals surface area contributed by atoms with Gasteiger partial charge in [0.1, 0.15) is 6.04 Å². The second-order valence-corrected chi connectivity index (χ2v) is 5.59. The fourth-order valence-corrected chi connectivity index (χ4v) is 2.70. The molecule has 0 aromatic heterocycles.